The van der Waals surface area contributed by atoms with Crippen molar-refractivity contribution in [3.63, 3.8) is 0 Å². The number of nitrogens with one attached hydrogen (secondary N) is 1. The van der Waals surface area contributed by atoms with Crippen molar-refractivity contribution in [3.05, 3.63) is 34.4 Å². The molecule has 102 valence electrons. The van der Waals surface area contributed by atoms with E-state index in [0.29, 0.717) is 23.2 Å². The molecule has 0 radical (unpaired) electrons. The molecule has 1 aromatic heterocycles. The summed E-state index contributed by atoms with van der Waals surface area (Å²) in [5.74, 6) is -0.0781. The molecule has 0 spiro atoms. The lowest BCUT2D eigenvalue weighted by Gasteiger charge is -2.07. The number of fused-ring (bicyclic) bond motifs is 1. The second kappa shape index (κ2) is 6.28. The molecule has 0 aliphatic carbocycles. The number of hydrogen-bond acceptors (Lipinski definition) is 2. The van der Waals surface area contributed by atoms with E-state index in [1.54, 1.807) is 19.2 Å². The van der Waals surface area contributed by atoms with Crippen LogP contribution in [0.25, 0.3) is 10.9 Å². The first kappa shape index (κ1) is 14.2. The maximum atomic E-state index is 11.7. The number of ether oxygens (including phenoxy) is 1. The van der Waals surface area contributed by atoms with Crippen molar-refractivity contribution >= 4 is 40.0 Å². The highest BCUT2D eigenvalue weighted by molar-refractivity contribution is 6.38. The first-order valence-electron chi connectivity index (χ1n) is 5.81. The SMILES string of the molecule is COCCNC(=O)Cn1ccc2c(Cl)cc(Cl)cc21. The molecule has 1 amide bonds. The van der Waals surface area contributed by atoms with Crippen LogP contribution in [0, 0.1) is 0 Å². The van der Waals surface area contributed by atoms with E-state index in [1.807, 2.05) is 16.8 Å². The summed E-state index contributed by atoms with van der Waals surface area (Å²) in [6, 6.07) is 5.36. The van der Waals surface area contributed by atoms with Crippen molar-refractivity contribution in [2.75, 3.05) is 20.3 Å². The van der Waals surface area contributed by atoms with Crippen molar-refractivity contribution in [2.45, 2.75) is 6.54 Å². The highest BCUT2D eigenvalue weighted by Gasteiger charge is 2.09. The van der Waals surface area contributed by atoms with E-state index >= 15 is 0 Å². The van der Waals surface area contributed by atoms with Gasteiger partial charge in [0.25, 0.3) is 0 Å². The van der Waals surface area contributed by atoms with E-state index in [0.717, 1.165) is 10.9 Å². The second-order valence-electron chi connectivity index (χ2n) is 4.11. The standard InChI is InChI=1S/C13H14Cl2N2O2/c1-19-5-3-16-13(18)8-17-4-2-10-11(15)6-9(14)7-12(10)17/h2,4,6-7H,3,5,8H2,1H3,(H,16,18). The first-order valence-corrected chi connectivity index (χ1v) is 6.57. The summed E-state index contributed by atoms with van der Waals surface area (Å²) in [5.41, 5.74) is 0.847. The minimum absolute atomic E-state index is 0.0781. The number of nitrogens with zero attached hydrogens (tertiary/aromatic N) is 1. The van der Waals surface area contributed by atoms with Crippen LogP contribution in [0.15, 0.2) is 24.4 Å². The van der Waals surface area contributed by atoms with Gasteiger partial charge in [-0.15, -0.1) is 0 Å². The number of methoxy groups -OCH3 is 1. The molecular weight excluding hydrogens is 287 g/mol. The van der Waals surface area contributed by atoms with Gasteiger partial charge >= 0.3 is 0 Å². The molecule has 0 atom stereocenters. The van der Waals surface area contributed by atoms with Crippen molar-refractivity contribution in [1.29, 1.82) is 0 Å². The summed E-state index contributed by atoms with van der Waals surface area (Å²) in [6.07, 6.45) is 1.82. The summed E-state index contributed by atoms with van der Waals surface area (Å²) in [7, 11) is 1.59. The topological polar surface area (TPSA) is 43.3 Å². The van der Waals surface area contributed by atoms with Gasteiger partial charge in [0.15, 0.2) is 0 Å². The molecule has 0 unspecified atom stereocenters. The third-order valence-electron chi connectivity index (χ3n) is 2.75. The number of benzene rings is 1. The smallest absolute Gasteiger partial charge is 0.240 e. The predicted octanol–water partition coefficient (Wildman–Crippen LogP) is 2.71. The monoisotopic (exact) mass is 300 g/mol. The van der Waals surface area contributed by atoms with Crippen LogP contribution in [0.3, 0.4) is 0 Å². The molecule has 19 heavy (non-hydrogen) atoms. The molecular formula is C13H14Cl2N2O2. The third kappa shape index (κ3) is 3.41. The summed E-state index contributed by atoms with van der Waals surface area (Å²) in [6.45, 7) is 1.22. The summed E-state index contributed by atoms with van der Waals surface area (Å²) in [5, 5.41) is 4.79. The largest absolute Gasteiger partial charge is 0.383 e. The number of amides is 1. The number of carbonyl (C=O) groups excluding carboxylic acids is 1. The fourth-order valence-electron chi connectivity index (χ4n) is 1.86. The summed E-state index contributed by atoms with van der Waals surface area (Å²) in [4.78, 5) is 11.7. The van der Waals surface area contributed by atoms with Crippen molar-refractivity contribution in [3.8, 4) is 0 Å². The van der Waals surface area contributed by atoms with Crippen LogP contribution < -0.4 is 5.32 Å². The van der Waals surface area contributed by atoms with Crippen LogP contribution in [0.5, 0.6) is 0 Å². The van der Waals surface area contributed by atoms with Crippen LogP contribution >= 0.6 is 23.2 Å². The van der Waals surface area contributed by atoms with E-state index < -0.39 is 0 Å². The average Bonchev–Trinajstić information content (AvgIpc) is 2.73. The molecule has 0 aliphatic rings. The third-order valence-corrected chi connectivity index (χ3v) is 3.28. The first-order chi connectivity index (χ1) is 9.11. The minimum atomic E-state index is -0.0781. The predicted molar refractivity (Wildman–Crippen MR) is 76.8 cm³/mol. The van der Waals surface area contributed by atoms with E-state index in [9.17, 15) is 4.79 Å². The van der Waals surface area contributed by atoms with Crippen molar-refractivity contribution in [1.82, 2.24) is 9.88 Å². The number of halogens is 2. The van der Waals surface area contributed by atoms with Crippen molar-refractivity contribution < 1.29 is 9.53 Å². The minimum Gasteiger partial charge on any atom is -0.383 e. The lowest BCUT2D eigenvalue weighted by atomic mass is 10.2. The molecule has 2 aromatic rings. The molecule has 2 rings (SSSR count). The molecule has 6 heteroatoms. The Morgan fingerprint density at radius 3 is 2.95 bits per heavy atom. The van der Waals surface area contributed by atoms with Gasteiger partial charge in [-0.1, -0.05) is 23.2 Å². The molecule has 4 nitrogen and oxygen atoms in total. The molecule has 0 saturated heterocycles. The van der Waals surface area contributed by atoms with Gasteiger partial charge in [-0.2, -0.15) is 0 Å². The van der Waals surface area contributed by atoms with Gasteiger partial charge in [-0.3, -0.25) is 4.79 Å². The molecule has 1 heterocycles. The van der Waals surface area contributed by atoms with Gasteiger partial charge in [0, 0.05) is 30.3 Å². The van der Waals surface area contributed by atoms with Gasteiger partial charge in [0.05, 0.1) is 17.1 Å². The Morgan fingerprint density at radius 2 is 2.21 bits per heavy atom. The van der Waals surface area contributed by atoms with E-state index in [-0.39, 0.29) is 12.5 Å². The quantitative estimate of drug-likeness (QED) is 0.863. The highest BCUT2D eigenvalue weighted by Crippen LogP contribution is 2.28. The fraction of sp³-hybridized carbons (Fsp3) is 0.308. The average molecular weight is 301 g/mol. The fourth-order valence-corrected chi connectivity index (χ4v) is 2.41. The highest BCUT2D eigenvalue weighted by atomic mass is 35.5. The van der Waals surface area contributed by atoms with Crippen LogP contribution in [0.2, 0.25) is 10.0 Å². The van der Waals surface area contributed by atoms with Crippen molar-refractivity contribution in [2.24, 2.45) is 0 Å². The Hall–Kier alpha value is -1.23. The Balaban J connectivity index is 2.15. The van der Waals surface area contributed by atoms with Gasteiger partial charge in [-0.05, 0) is 18.2 Å². The maximum Gasteiger partial charge on any atom is 0.240 e. The van der Waals surface area contributed by atoms with Crippen LogP contribution in [0.1, 0.15) is 0 Å². The zero-order valence-electron chi connectivity index (χ0n) is 10.5. The van der Waals surface area contributed by atoms with Gasteiger partial charge < -0.3 is 14.6 Å². The van der Waals surface area contributed by atoms with Gasteiger partial charge in [0.2, 0.25) is 5.91 Å². The maximum absolute atomic E-state index is 11.7. The Morgan fingerprint density at radius 1 is 1.42 bits per heavy atom. The molecule has 0 aliphatic heterocycles. The molecule has 0 fully saturated rings. The number of aromatic nitrogens is 1. The van der Waals surface area contributed by atoms with E-state index in [4.69, 9.17) is 27.9 Å². The van der Waals surface area contributed by atoms with Gasteiger partial charge in [-0.25, -0.2) is 0 Å². The molecule has 0 bridgehead atoms. The lowest BCUT2D eigenvalue weighted by Crippen LogP contribution is -2.30. The number of rotatable bonds is 5. The normalized spacial score (nSPS) is 10.9. The molecule has 1 aromatic carbocycles. The lowest BCUT2D eigenvalue weighted by molar-refractivity contribution is -0.121. The van der Waals surface area contributed by atoms with E-state index in [1.165, 1.54) is 0 Å². The van der Waals surface area contributed by atoms with Crippen LogP contribution in [-0.2, 0) is 16.1 Å². The van der Waals surface area contributed by atoms with Crippen LogP contribution in [0.4, 0.5) is 0 Å². The number of hydrogen-bond donors (Lipinski definition) is 1. The summed E-state index contributed by atoms with van der Waals surface area (Å²) < 4.78 is 6.69. The molecule has 1 N–H and O–H groups in total. The second-order valence-corrected chi connectivity index (χ2v) is 4.95. The Kier molecular flexibility index (Phi) is 4.69. The molecule has 0 saturated carbocycles. The van der Waals surface area contributed by atoms with E-state index in [2.05, 4.69) is 5.32 Å². The van der Waals surface area contributed by atoms with Crippen LogP contribution in [-0.4, -0.2) is 30.7 Å². The summed E-state index contributed by atoms with van der Waals surface area (Å²) >= 11 is 12.1. The van der Waals surface area contributed by atoms with Gasteiger partial charge in [0.1, 0.15) is 6.54 Å². The Bertz CT molecular complexity index is 596. The zero-order valence-corrected chi connectivity index (χ0v) is 12.0. The number of carbonyl (C=O) groups is 1. The Labute approximate surface area is 121 Å². The zero-order chi connectivity index (χ0) is 13.8.